The van der Waals surface area contributed by atoms with Gasteiger partial charge in [-0.05, 0) is 45.2 Å². The fraction of sp³-hybridized carbons (Fsp3) is 0.625. The lowest BCUT2D eigenvalue weighted by Crippen LogP contribution is -2.36. The molecule has 0 radical (unpaired) electrons. The molecule has 120 valence electrons. The van der Waals surface area contributed by atoms with Crippen LogP contribution in [0.1, 0.15) is 38.3 Å². The molecule has 6 heteroatoms. The molecule has 1 unspecified atom stereocenters. The van der Waals surface area contributed by atoms with Gasteiger partial charge in [0.15, 0.2) is 5.65 Å². The molecule has 0 spiro atoms. The zero-order valence-electron chi connectivity index (χ0n) is 13.2. The molecule has 22 heavy (non-hydrogen) atoms. The fourth-order valence-corrected chi connectivity index (χ4v) is 3.37. The first-order chi connectivity index (χ1) is 10.6. The topological polar surface area (TPSA) is 54.2 Å². The van der Waals surface area contributed by atoms with E-state index in [4.69, 9.17) is 11.6 Å². The van der Waals surface area contributed by atoms with Crippen LogP contribution in [0.2, 0.25) is 5.15 Å². The van der Waals surface area contributed by atoms with E-state index in [1.54, 1.807) is 0 Å². The summed E-state index contributed by atoms with van der Waals surface area (Å²) < 4.78 is 1.90. The second kappa shape index (κ2) is 6.52. The Morgan fingerprint density at radius 2 is 2.27 bits per heavy atom. The minimum atomic E-state index is 0.263. The van der Waals surface area contributed by atoms with E-state index < -0.39 is 0 Å². The van der Waals surface area contributed by atoms with Crippen LogP contribution in [0.15, 0.2) is 12.3 Å². The van der Waals surface area contributed by atoms with Gasteiger partial charge in [0.2, 0.25) is 0 Å². The third kappa shape index (κ3) is 3.12. The Balaban J connectivity index is 1.83. The Labute approximate surface area is 135 Å². The van der Waals surface area contributed by atoms with Gasteiger partial charge in [0.1, 0.15) is 5.15 Å². The SMILES string of the molecule is CC(C)n1ncc2cc(CN3CCCC(CO)C3)c(Cl)nc21. The first-order valence-corrected chi connectivity index (χ1v) is 8.32. The smallest absolute Gasteiger partial charge is 0.159 e. The maximum atomic E-state index is 9.35. The molecule has 5 nitrogen and oxygen atoms in total. The van der Waals surface area contributed by atoms with Crippen LogP contribution in [-0.2, 0) is 6.54 Å². The van der Waals surface area contributed by atoms with Gasteiger partial charge in [-0.15, -0.1) is 0 Å². The maximum Gasteiger partial charge on any atom is 0.159 e. The summed E-state index contributed by atoms with van der Waals surface area (Å²) in [5, 5.41) is 15.3. The molecule has 1 saturated heterocycles. The van der Waals surface area contributed by atoms with E-state index in [1.165, 1.54) is 0 Å². The van der Waals surface area contributed by atoms with E-state index >= 15 is 0 Å². The van der Waals surface area contributed by atoms with Gasteiger partial charge in [0.05, 0.1) is 6.20 Å². The summed E-state index contributed by atoms with van der Waals surface area (Å²) in [5.74, 6) is 0.382. The molecule has 2 aromatic rings. The number of pyridine rings is 1. The molecule has 2 aromatic heterocycles. The highest BCUT2D eigenvalue weighted by atomic mass is 35.5. The number of nitrogens with zero attached hydrogens (tertiary/aromatic N) is 4. The minimum absolute atomic E-state index is 0.263. The Bertz CT molecular complexity index is 655. The largest absolute Gasteiger partial charge is 0.396 e. The number of hydrogen-bond donors (Lipinski definition) is 1. The molecule has 1 aliphatic heterocycles. The Morgan fingerprint density at radius 1 is 1.45 bits per heavy atom. The van der Waals surface area contributed by atoms with Crippen LogP contribution in [0.25, 0.3) is 11.0 Å². The molecule has 3 rings (SSSR count). The molecule has 1 N–H and O–H groups in total. The monoisotopic (exact) mass is 322 g/mol. The van der Waals surface area contributed by atoms with Crippen LogP contribution in [0.5, 0.6) is 0 Å². The second-order valence-corrected chi connectivity index (χ2v) is 6.82. The van der Waals surface area contributed by atoms with Crippen molar-refractivity contribution in [2.45, 2.75) is 39.3 Å². The lowest BCUT2D eigenvalue weighted by molar-refractivity contribution is 0.116. The normalized spacial score (nSPS) is 20.1. The molecule has 0 aliphatic carbocycles. The molecule has 1 aliphatic rings. The number of piperidine rings is 1. The van der Waals surface area contributed by atoms with E-state index in [9.17, 15) is 5.11 Å². The molecular formula is C16H23ClN4O. The molecule has 1 fully saturated rings. The standard InChI is InChI=1S/C16H23ClN4O/c1-11(2)21-16-13(7-18-21)6-14(15(17)19-16)9-20-5-3-4-12(8-20)10-22/h6-7,11-12,22H,3-5,8-10H2,1-2H3. The van der Waals surface area contributed by atoms with Gasteiger partial charge in [-0.1, -0.05) is 11.6 Å². The Morgan fingerprint density at radius 3 is 3.00 bits per heavy atom. The highest BCUT2D eigenvalue weighted by Crippen LogP contribution is 2.25. The van der Waals surface area contributed by atoms with Gasteiger partial charge >= 0.3 is 0 Å². The van der Waals surface area contributed by atoms with Gasteiger partial charge < -0.3 is 5.11 Å². The van der Waals surface area contributed by atoms with Gasteiger partial charge in [-0.3, -0.25) is 4.90 Å². The molecule has 1 atom stereocenters. The third-order valence-corrected chi connectivity index (χ3v) is 4.67. The number of halogens is 1. The summed E-state index contributed by atoms with van der Waals surface area (Å²) in [5.41, 5.74) is 1.88. The number of rotatable bonds is 4. The van der Waals surface area contributed by atoms with Crippen molar-refractivity contribution in [3.63, 3.8) is 0 Å². The quantitative estimate of drug-likeness (QED) is 0.879. The molecule has 0 bridgehead atoms. The van der Waals surface area contributed by atoms with E-state index in [0.717, 1.165) is 49.1 Å². The van der Waals surface area contributed by atoms with Crippen molar-refractivity contribution in [3.8, 4) is 0 Å². The number of aliphatic hydroxyl groups excluding tert-OH is 1. The van der Waals surface area contributed by atoms with Crippen LogP contribution in [0.3, 0.4) is 0 Å². The first kappa shape index (κ1) is 15.7. The van der Waals surface area contributed by atoms with Crippen molar-refractivity contribution in [1.29, 1.82) is 0 Å². The zero-order valence-corrected chi connectivity index (χ0v) is 13.9. The Hall–Kier alpha value is -1.17. The molecule has 3 heterocycles. The van der Waals surface area contributed by atoms with Crippen molar-refractivity contribution in [3.05, 3.63) is 23.0 Å². The number of hydrogen-bond acceptors (Lipinski definition) is 4. The van der Waals surface area contributed by atoms with Crippen molar-refractivity contribution >= 4 is 22.6 Å². The molecule has 0 aromatic carbocycles. The fourth-order valence-electron chi connectivity index (χ4n) is 3.17. The average Bonchev–Trinajstić information content (AvgIpc) is 2.90. The van der Waals surface area contributed by atoms with E-state index in [1.807, 2.05) is 10.9 Å². The first-order valence-electron chi connectivity index (χ1n) is 7.94. The highest BCUT2D eigenvalue weighted by Gasteiger charge is 2.21. The Kier molecular flexibility index (Phi) is 4.66. The summed E-state index contributed by atoms with van der Waals surface area (Å²) in [6.07, 6.45) is 4.10. The summed E-state index contributed by atoms with van der Waals surface area (Å²) in [4.78, 5) is 6.90. The van der Waals surface area contributed by atoms with Crippen LogP contribution >= 0.6 is 11.6 Å². The third-order valence-electron chi connectivity index (χ3n) is 4.34. The lowest BCUT2D eigenvalue weighted by atomic mass is 9.98. The second-order valence-electron chi connectivity index (χ2n) is 6.46. The number of aromatic nitrogens is 3. The summed E-state index contributed by atoms with van der Waals surface area (Å²) in [6, 6.07) is 2.36. The van der Waals surface area contributed by atoms with Crippen LogP contribution in [0.4, 0.5) is 0 Å². The molecule has 0 saturated carbocycles. The predicted molar refractivity (Wildman–Crippen MR) is 88.0 cm³/mol. The lowest BCUT2D eigenvalue weighted by Gasteiger charge is -2.31. The molecule has 0 amide bonds. The minimum Gasteiger partial charge on any atom is -0.396 e. The number of likely N-dealkylation sites (tertiary alicyclic amines) is 1. The van der Waals surface area contributed by atoms with Crippen molar-refractivity contribution in [2.75, 3.05) is 19.7 Å². The van der Waals surface area contributed by atoms with Crippen molar-refractivity contribution < 1.29 is 5.11 Å². The van der Waals surface area contributed by atoms with Crippen molar-refractivity contribution in [1.82, 2.24) is 19.7 Å². The van der Waals surface area contributed by atoms with E-state index in [2.05, 4.69) is 34.9 Å². The van der Waals surface area contributed by atoms with Gasteiger partial charge in [-0.2, -0.15) is 5.10 Å². The van der Waals surface area contributed by atoms with E-state index in [-0.39, 0.29) is 12.6 Å². The maximum absolute atomic E-state index is 9.35. The predicted octanol–water partition coefficient (Wildman–Crippen LogP) is 2.87. The van der Waals surface area contributed by atoms with Crippen molar-refractivity contribution in [2.24, 2.45) is 5.92 Å². The van der Waals surface area contributed by atoms with Crippen LogP contribution < -0.4 is 0 Å². The highest BCUT2D eigenvalue weighted by molar-refractivity contribution is 6.30. The van der Waals surface area contributed by atoms with E-state index in [0.29, 0.717) is 11.1 Å². The zero-order chi connectivity index (χ0) is 15.7. The number of aliphatic hydroxyl groups is 1. The molecular weight excluding hydrogens is 300 g/mol. The summed E-state index contributed by atoms with van der Waals surface area (Å²) in [6.45, 7) is 7.19. The average molecular weight is 323 g/mol. The van der Waals surface area contributed by atoms with Crippen LogP contribution in [0, 0.1) is 5.92 Å². The van der Waals surface area contributed by atoms with Gasteiger partial charge in [-0.25, -0.2) is 9.67 Å². The van der Waals surface area contributed by atoms with Crippen LogP contribution in [-0.4, -0.2) is 44.5 Å². The summed E-state index contributed by atoms with van der Waals surface area (Å²) >= 11 is 6.40. The van der Waals surface area contributed by atoms with Gasteiger partial charge in [0.25, 0.3) is 0 Å². The number of fused-ring (bicyclic) bond motifs is 1. The van der Waals surface area contributed by atoms with Gasteiger partial charge in [0, 0.05) is 36.7 Å². The summed E-state index contributed by atoms with van der Waals surface area (Å²) in [7, 11) is 0.